The number of rotatable bonds is 1. The van der Waals surface area contributed by atoms with Crippen molar-refractivity contribution in [2.45, 2.75) is 19.3 Å². The van der Waals surface area contributed by atoms with Gasteiger partial charge in [0, 0.05) is 13.0 Å². The normalized spacial score (nSPS) is 38.1. The second-order valence-corrected chi connectivity index (χ2v) is 4.27. The van der Waals surface area contributed by atoms with E-state index in [9.17, 15) is 14.4 Å². The predicted molar refractivity (Wildman–Crippen MR) is 50.1 cm³/mol. The smallest absolute Gasteiger partial charge is 0.480 e. The van der Waals surface area contributed by atoms with Gasteiger partial charge in [-0.05, 0) is 12.8 Å². The first-order valence-electron chi connectivity index (χ1n) is 5.11. The topological polar surface area (TPSA) is 104 Å². The SMILES string of the molecule is O=C(O)C12CCC[N+](C(=O)O)(NCC1)C2=O. The van der Waals surface area contributed by atoms with Crippen LogP contribution < -0.4 is 5.43 Å². The lowest BCUT2D eigenvalue weighted by Gasteiger charge is -2.44. The summed E-state index contributed by atoms with van der Waals surface area (Å²) in [6.45, 7) is 0.341. The van der Waals surface area contributed by atoms with E-state index in [2.05, 4.69) is 5.43 Å². The molecule has 7 heteroatoms. The highest BCUT2D eigenvalue weighted by Gasteiger charge is 2.65. The van der Waals surface area contributed by atoms with Gasteiger partial charge >= 0.3 is 18.0 Å². The largest absolute Gasteiger partial charge is 0.541 e. The number of imide groups is 1. The zero-order valence-electron chi connectivity index (χ0n) is 8.60. The molecule has 3 N–H and O–H groups in total. The Morgan fingerprint density at radius 2 is 2.00 bits per heavy atom. The predicted octanol–water partition coefficient (Wildman–Crippen LogP) is -0.219. The van der Waals surface area contributed by atoms with Crippen molar-refractivity contribution in [2.24, 2.45) is 5.41 Å². The average molecular weight is 229 g/mol. The van der Waals surface area contributed by atoms with Crippen LogP contribution in [0, 0.1) is 5.41 Å². The lowest BCUT2D eigenvalue weighted by atomic mass is 9.74. The molecule has 2 aliphatic heterocycles. The first kappa shape index (κ1) is 11.0. The molecule has 2 bridgehead atoms. The minimum absolute atomic E-state index is 0.114. The van der Waals surface area contributed by atoms with E-state index in [4.69, 9.17) is 10.2 Å². The molecule has 0 aromatic rings. The van der Waals surface area contributed by atoms with Gasteiger partial charge in [0.1, 0.15) is 6.54 Å². The third-order valence-corrected chi connectivity index (χ3v) is 3.52. The quantitative estimate of drug-likeness (QED) is 0.424. The number of nitrogens with one attached hydrogen (secondary N) is 1. The summed E-state index contributed by atoms with van der Waals surface area (Å²) in [7, 11) is 0. The molecule has 2 fully saturated rings. The maximum Gasteiger partial charge on any atom is 0.541 e. The van der Waals surface area contributed by atoms with Crippen molar-refractivity contribution in [3.8, 4) is 0 Å². The molecular formula is C9H13N2O5+. The van der Waals surface area contributed by atoms with Gasteiger partial charge in [-0.25, -0.2) is 4.79 Å². The molecular weight excluding hydrogens is 216 g/mol. The van der Waals surface area contributed by atoms with Gasteiger partial charge in [-0.3, -0.25) is 4.79 Å². The molecule has 2 atom stereocenters. The summed E-state index contributed by atoms with van der Waals surface area (Å²) in [4.78, 5) is 34.5. The van der Waals surface area contributed by atoms with Crippen molar-refractivity contribution < 1.29 is 29.2 Å². The lowest BCUT2D eigenvalue weighted by molar-refractivity contribution is -0.840. The minimum Gasteiger partial charge on any atom is -0.480 e. The van der Waals surface area contributed by atoms with Crippen molar-refractivity contribution in [1.29, 1.82) is 0 Å². The molecule has 2 rings (SSSR count). The number of aliphatic carboxylic acids is 1. The standard InChI is InChI=1S/C9H12N2O5/c12-6-9(7(13)14)2-1-5-11(6,8(15)16)10-4-3-9/h10H,1-5H2,(H-,13,14,15,16)/p+1. The Morgan fingerprint density at radius 1 is 1.31 bits per heavy atom. The van der Waals surface area contributed by atoms with Gasteiger partial charge in [-0.1, -0.05) is 4.59 Å². The summed E-state index contributed by atoms with van der Waals surface area (Å²) >= 11 is 0. The molecule has 0 aromatic carbocycles. The van der Waals surface area contributed by atoms with Crippen molar-refractivity contribution >= 4 is 18.0 Å². The maximum atomic E-state index is 12.1. The molecule has 2 aliphatic rings. The number of carboxylic acids is 1. The van der Waals surface area contributed by atoms with E-state index in [1.807, 2.05) is 0 Å². The number of hydrogen-bond donors (Lipinski definition) is 3. The third-order valence-electron chi connectivity index (χ3n) is 3.52. The van der Waals surface area contributed by atoms with Crippen LogP contribution >= 0.6 is 0 Å². The second kappa shape index (κ2) is 3.26. The van der Waals surface area contributed by atoms with Gasteiger partial charge < -0.3 is 10.2 Å². The molecule has 0 spiro atoms. The Hall–Kier alpha value is -1.47. The van der Waals surface area contributed by atoms with Gasteiger partial charge in [0.05, 0.1) is 0 Å². The number of nitrogens with zero attached hydrogens (tertiary/aromatic N) is 1. The number of carbonyl (C=O) groups excluding carboxylic acids is 1. The highest BCUT2D eigenvalue weighted by atomic mass is 16.4. The third kappa shape index (κ3) is 1.12. The van der Waals surface area contributed by atoms with Crippen LogP contribution in [-0.2, 0) is 9.59 Å². The molecule has 0 aromatic heterocycles. The van der Waals surface area contributed by atoms with E-state index in [0.29, 0.717) is 6.42 Å². The summed E-state index contributed by atoms with van der Waals surface area (Å²) in [5, 5.41) is 18.3. The Morgan fingerprint density at radius 3 is 2.56 bits per heavy atom. The molecule has 2 saturated heterocycles. The van der Waals surface area contributed by atoms with Gasteiger partial charge in [-0.15, -0.1) is 5.43 Å². The van der Waals surface area contributed by atoms with Crippen LogP contribution in [0.2, 0.25) is 0 Å². The molecule has 0 saturated carbocycles. The van der Waals surface area contributed by atoms with Crippen molar-refractivity contribution in [1.82, 2.24) is 5.43 Å². The summed E-state index contributed by atoms with van der Waals surface area (Å²) < 4.78 is -0.938. The molecule has 2 amide bonds. The Bertz CT molecular complexity index is 336. The van der Waals surface area contributed by atoms with Crippen LogP contribution in [-0.4, -0.2) is 45.9 Å². The molecule has 0 radical (unpaired) electrons. The van der Waals surface area contributed by atoms with Crippen LogP contribution in [0.15, 0.2) is 0 Å². The fourth-order valence-corrected chi connectivity index (χ4v) is 2.59. The summed E-state index contributed by atoms with van der Waals surface area (Å²) in [5.41, 5.74) is 1.11. The molecule has 2 heterocycles. The van der Waals surface area contributed by atoms with Gasteiger partial charge in [-0.2, -0.15) is 4.79 Å². The van der Waals surface area contributed by atoms with Crippen LogP contribution in [0.1, 0.15) is 19.3 Å². The van der Waals surface area contributed by atoms with Crippen LogP contribution in [0.3, 0.4) is 0 Å². The minimum atomic E-state index is -1.51. The van der Waals surface area contributed by atoms with E-state index in [0.717, 1.165) is 0 Å². The Balaban J connectivity index is 2.49. The zero-order chi connectivity index (χ0) is 12.0. The summed E-state index contributed by atoms with van der Waals surface area (Å²) in [6.07, 6.45) is -0.517. The van der Waals surface area contributed by atoms with E-state index in [1.54, 1.807) is 0 Å². The van der Waals surface area contributed by atoms with E-state index in [1.165, 1.54) is 0 Å². The first-order chi connectivity index (χ1) is 7.46. The average Bonchev–Trinajstić information content (AvgIpc) is 2.16. The molecule has 0 aliphatic carbocycles. The second-order valence-electron chi connectivity index (χ2n) is 4.27. The van der Waals surface area contributed by atoms with Crippen molar-refractivity contribution in [2.75, 3.05) is 13.1 Å². The first-order valence-corrected chi connectivity index (χ1v) is 5.11. The molecule has 88 valence electrons. The van der Waals surface area contributed by atoms with Crippen LogP contribution in [0.25, 0.3) is 0 Å². The van der Waals surface area contributed by atoms with Crippen molar-refractivity contribution in [3.05, 3.63) is 0 Å². The van der Waals surface area contributed by atoms with Crippen LogP contribution in [0.4, 0.5) is 4.79 Å². The van der Waals surface area contributed by atoms with Gasteiger partial charge in [0.15, 0.2) is 5.41 Å². The molecule has 16 heavy (non-hydrogen) atoms. The highest BCUT2D eigenvalue weighted by Crippen LogP contribution is 2.40. The number of hydrogen-bond acceptors (Lipinski definition) is 4. The number of quaternary nitrogens is 1. The summed E-state index contributed by atoms with van der Waals surface area (Å²) in [6, 6.07) is 0. The van der Waals surface area contributed by atoms with E-state index in [-0.39, 0.29) is 25.9 Å². The zero-order valence-corrected chi connectivity index (χ0v) is 8.60. The Labute approximate surface area is 91.2 Å². The number of fused-ring (bicyclic) bond motifs is 2. The molecule has 2 unspecified atom stereocenters. The Kier molecular flexibility index (Phi) is 2.25. The fourth-order valence-electron chi connectivity index (χ4n) is 2.59. The lowest BCUT2D eigenvalue weighted by Crippen LogP contribution is -2.75. The summed E-state index contributed by atoms with van der Waals surface area (Å²) in [5.74, 6) is -1.95. The monoisotopic (exact) mass is 229 g/mol. The van der Waals surface area contributed by atoms with E-state index < -0.39 is 28.0 Å². The number of carboxylic acid groups (broad SMARTS) is 2. The maximum absolute atomic E-state index is 12.1. The number of amides is 2. The van der Waals surface area contributed by atoms with Crippen molar-refractivity contribution in [3.63, 3.8) is 0 Å². The highest BCUT2D eigenvalue weighted by molar-refractivity contribution is 6.02. The number of carbonyl (C=O) groups is 3. The fraction of sp³-hybridized carbons (Fsp3) is 0.667. The molecule has 7 nitrogen and oxygen atoms in total. The number of piperidine rings is 1. The van der Waals surface area contributed by atoms with Crippen LogP contribution in [0.5, 0.6) is 0 Å². The van der Waals surface area contributed by atoms with Gasteiger partial charge in [0.25, 0.3) is 0 Å². The van der Waals surface area contributed by atoms with E-state index >= 15 is 0 Å². The van der Waals surface area contributed by atoms with Gasteiger partial charge in [0.2, 0.25) is 0 Å².